The average Bonchev–Trinajstić information content (AvgIpc) is 3.11. The monoisotopic (exact) mass is 494 g/mol. The number of guanidine groups is 1. The largest absolute Gasteiger partial charge is 0.382 e. The maximum absolute atomic E-state index is 5.63. The molecule has 2 N–H and O–H groups in total. The lowest BCUT2D eigenvalue weighted by atomic mass is 9.83. The number of aliphatic imine (C=N–C) groups is 1. The summed E-state index contributed by atoms with van der Waals surface area (Å²) in [5.74, 6) is 1.87. The van der Waals surface area contributed by atoms with Gasteiger partial charge in [-0.2, -0.15) is 0 Å². The normalized spacial score (nSPS) is 21.1. The van der Waals surface area contributed by atoms with Gasteiger partial charge in [0.05, 0.1) is 0 Å². The molecule has 1 aliphatic carbocycles. The van der Waals surface area contributed by atoms with Crippen LogP contribution in [0.2, 0.25) is 0 Å². The van der Waals surface area contributed by atoms with Crippen molar-refractivity contribution < 1.29 is 4.74 Å². The molecule has 1 saturated heterocycles. The minimum absolute atomic E-state index is 0. The van der Waals surface area contributed by atoms with Gasteiger partial charge in [0.2, 0.25) is 0 Å². The molecule has 0 aromatic heterocycles. The lowest BCUT2D eigenvalue weighted by Crippen LogP contribution is -2.40. The summed E-state index contributed by atoms with van der Waals surface area (Å²) in [5, 5.41) is 7.02. The molecule has 1 aliphatic heterocycles. The maximum atomic E-state index is 5.63. The van der Waals surface area contributed by atoms with Crippen LogP contribution in [0.15, 0.2) is 4.99 Å². The van der Waals surface area contributed by atoms with E-state index in [-0.39, 0.29) is 24.0 Å². The fourth-order valence-corrected chi connectivity index (χ4v) is 4.38. The van der Waals surface area contributed by atoms with Gasteiger partial charge < -0.3 is 20.3 Å². The van der Waals surface area contributed by atoms with Gasteiger partial charge in [-0.05, 0) is 83.8 Å². The van der Waals surface area contributed by atoms with E-state index in [1.165, 1.54) is 58.0 Å². The van der Waals surface area contributed by atoms with Crippen molar-refractivity contribution in [2.75, 3.05) is 53.0 Å². The molecule has 2 aliphatic rings. The Morgan fingerprint density at radius 2 is 1.85 bits per heavy atom. The van der Waals surface area contributed by atoms with Crippen LogP contribution in [0.1, 0.15) is 65.2 Å². The summed E-state index contributed by atoms with van der Waals surface area (Å²) in [6.45, 7) is 11.3. The molecule has 160 valence electrons. The van der Waals surface area contributed by atoms with Gasteiger partial charge in [-0.3, -0.25) is 4.99 Å². The zero-order chi connectivity index (χ0) is 18.7. The Balaban J connectivity index is 0.00000364. The molecule has 0 atom stereocenters. The van der Waals surface area contributed by atoms with E-state index >= 15 is 0 Å². The molecule has 0 radical (unpaired) electrons. The Morgan fingerprint density at radius 1 is 1.15 bits per heavy atom. The van der Waals surface area contributed by atoms with E-state index in [1.807, 2.05) is 0 Å². The van der Waals surface area contributed by atoms with Crippen LogP contribution in [0.25, 0.3) is 0 Å². The summed E-state index contributed by atoms with van der Waals surface area (Å²) in [7, 11) is 2.23. The highest BCUT2D eigenvalue weighted by atomic mass is 127. The van der Waals surface area contributed by atoms with E-state index in [4.69, 9.17) is 9.73 Å². The molecule has 0 aromatic carbocycles. The first-order valence-corrected chi connectivity index (χ1v) is 11.0. The van der Waals surface area contributed by atoms with Gasteiger partial charge in [-0.25, -0.2) is 0 Å². The van der Waals surface area contributed by atoms with Crippen molar-refractivity contribution >= 4 is 29.9 Å². The Kier molecular flexibility index (Phi) is 12.9. The van der Waals surface area contributed by atoms with Gasteiger partial charge in [0.1, 0.15) is 0 Å². The summed E-state index contributed by atoms with van der Waals surface area (Å²) < 4.78 is 5.63. The van der Waals surface area contributed by atoms with Crippen LogP contribution in [0.5, 0.6) is 0 Å². The Morgan fingerprint density at radius 3 is 2.48 bits per heavy atom. The van der Waals surface area contributed by atoms with Gasteiger partial charge in [0.25, 0.3) is 0 Å². The van der Waals surface area contributed by atoms with E-state index < -0.39 is 0 Å². The molecule has 1 saturated carbocycles. The molecule has 0 unspecified atom stereocenters. The Hall–Kier alpha value is -0.0800. The number of piperidine rings is 1. The van der Waals surface area contributed by atoms with E-state index in [0.717, 1.165) is 51.1 Å². The third-order valence-corrected chi connectivity index (χ3v) is 6.25. The third-order valence-electron chi connectivity index (χ3n) is 6.25. The molecule has 0 aromatic rings. The molecule has 0 spiro atoms. The standard InChI is InChI=1S/C21H42N4O.HI/c1-4-22-20(23-14-8-19-9-15-25(3)16-10-19)24-18-21(11-6-7-12-21)13-17-26-5-2;/h19H,4-18H2,1-3H3,(H2,22,23,24);1H. The summed E-state index contributed by atoms with van der Waals surface area (Å²) in [6.07, 6.45) is 10.4. The number of likely N-dealkylation sites (tertiary alicyclic amines) is 1. The topological polar surface area (TPSA) is 48.9 Å². The second kappa shape index (κ2) is 14.0. The van der Waals surface area contributed by atoms with Crippen molar-refractivity contribution in [3.8, 4) is 0 Å². The quantitative estimate of drug-likeness (QED) is 0.210. The van der Waals surface area contributed by atoms with Crippen LogP contribution in [0, 0.1) is 11.3 Å². The molecule has 0 bridgehead atoms. The molecule has 2 fully saturated rings. The van der Waals surface area contributed by atoms with Crippen LogP contribution < -0.4 is 10.6 Å². The predicted octanol–water partition coefficient (Wildman–Crippen LogP) is 3.88. The summed E-state index contributed by atoms with van der Waals surface area (Å²) in [5.41, 5.74) is 0.367. The summed E-state index contributed by atoms with van der Waals surface area (Å²) in [6, 6.07) is 0. The molecular formula is C21H43IN4O. The van der Waals surface area contributed by atoms with Gasteiger partial charge in [-0.1, -0.05) is 12.8 Å². The molecular weight excluding hydrogens is 451 g/mol. The van der Waals surface area contributed by atoms with Crippen molar-refractivity contribution in [2.24, 2.45) is 16.3 Å². The maximum Gasteiger partial charge on any atom is 0.191 e. The van der Waals surface area contributed by atoms with Gasteiger partial charge in [0, 0.05) is 32.8 Å². The second-order valence-electron chi connectivity index (χ2n) is 8.31. The SMILES string of the molecule is CCNC(=NCC1(CCOCC)CCCC1)NCCC1CCN(C)CC1.I. The van der Waals surface area contributed by atoms with Crippen molar-refractivity contribution in [2.45, 2.75) is 65.2 Å². The van der Waals surface area contributed by atoms with Crippen molar-refractivity contribution in [3.63, 3.8) is 0 Å². The Bertz CT molecular complexity index is 405. The lowest BCUT2D eigenvalue weighted by molar-refractivity contribution is 0.107. The molecule has 27 heavy (non-hydrogen) atoms. The summed E-state index contributed by atoms with van der Waals surface area (Å²) in [4.78, 5) is 7.41. The predicted molar refractivity (Wildman–Crippen MR) is 126 cm³/mol. The third kappa shape index (κ3) is 9.31. The van der Waals surface area contributed by atoms with Crippen molar-refractivity contribution in [3.05, 3.63) is 0 Å². The first-order valence-electron chi connectivity index (χ1n) is 11.0. The number of hydrogen-bond donors (Lipinski definition) is 2. The summed E-state index contributed by atoms with van der Waals surface area (Å²) >= 11 is 0. The van der Waals surface area contributed by atoms with E-state index in [9.17, 15) is 0 Å². The highest BCUT2D eigenvalue weighted by molar-refractivity contribution is 14.0. The van der Waals surface area contributed by atoms with Gasteiger partial charge in [0.15, 0.2) is 5.96 Å². The number of nitrogens with one attached hydrogen (secondary N) is 2. The average molecular weight is 495 g/mol. The van der Waals surface area contributed by atoms with E-state index in [1.54, 1.807) is 0 Å². The van der Waals surface area contributed by atoms with Crippen LogP contribution in [0.3, 0.4) is 0 Å². The molecule has 1 heterocycles. The Labute approximate surface area is 184 Å². The van der Waals surface area contributed by atoms with E-state index in [0.29, 0.717) is 5.41 Å². The lowest BCUT2D eigenvalue weighted by Gasteiger charge is -2.29. The van der Waals surface area contributed by atoms with E-state index in [2.05, 4.69) is 36.4 Å². The highest BCUT2D eigenvalue weighted by Crippen LogP contribution is 2.41. The number of halogens is 1. The fraction of sp³-hybridized carbons (Fsp3) is 0.952. The molecule has 0 amide bonds. The van der Waals surface area contributed by atoms with Crippen molar-refractivity contribution in [1.29, 1.82) is 0 Å². The van der Waals surface area contributed by atoms with Crippen LogP contribution in [-0.4, -0.2) is 63.8 Å². The number of nitrogens with zero attached hydrogens (tertiary/aromatic N) is 2. The van der Waals surface area contributed by atoms with Crippen LogP contribution >= 0.6 is 24.0 Å². The molecule has 2 rings (SSSR count). The zero-order valence-corrected chi connectivity index (χ0v) is 20.2. The minimum atomic E-state index is 0. The molecule has 5 nitrogen and oxygen atoms in total. The van der Waals surface area contributed by atoms with Gasteiger partial charge >= 0.3 is 0 Å². The fourth-order valence-electron chi connectivity index (χ4n) is 4.38. The zero-order valence-electron chi connectivity index (χ0n) is 17.9. The van der Waals surface area contributed by atoms with Crippen LogP contribution in [0.4, 0.5) is 0 Å². The minimum Gasteiger partial charge on any atom is -0.382 e. The highest BCUT2D eigenvalue weighted by Gasteiger charge is 2.33. The smallest absolute Gasteiger partial charge is 0.191 e. The molecule has 6 heteroatoms. The number of rotatable bonds is 10. The first-order chi connectivity index (χ1) is 12.7. The van der Waals surface area contributed by atoms with Crippen molar-refractivity contribution in [1.82, 2.24) is 15.5 Å². The first kappa shape index (κ1) is 25.0. The number of hydrogen-bond acceptors (Lipinski definition) is 3. The van der Waals surface area contributed by atoms with Crippen LogP contribution in [-0.2, 0) is 4.74 Å². The second-order valence-corrected chi connectivity index (χ2v) is 8.31. The van der Waals surface area contributed by atoms with Gasteiger partial charge in [-0.15, -0.1) is 24.0 Å². The number of ether oxygens (including phenoxy) is 1.